The number of thiocarbonyl (C=S) groups is 1. The minimum Gasteiger partial charge on any atom is -0.459 e. The van der Waals surface area contributed by atoms with Crippen molar-refractivity contribution in [2.75, 3.05) is 12.3 Å². The quantitative estimate of drug-likeness (QED) is 0.138. The van der Waals surface area contributed by atoms with Gasteiger partial charge in [-0.05, 0) is 82.0 Å². The SMILES string of the molecule is CC(C)C[C@H](NCCc1cc(F)c(-n2c(N)c(C(=S)c3ccc(F)cc3F)ccc2=O)c(F)c1)C(=O)OC(C)(C)C. The van der Waals surface area contributed by atoms with Crippen LogP contribution < -0.4 is 16.6 Å². The number of nitrogens with two attached hydrogens (primary N) is 1. The molecule has 1 heterocycles. The number of pyridine rings is 1. The number of nitrogens with zero attached hydrogens (tertiary/aromatic N) is 1. The lowest BCUT2D eigenvalue weighted by Gasteiger charge is -2.25. The molecule has 0 aliphatic carbocycles. The highest BCUT2D eigenvalue weighted by Crippen LogP contribution is 2.25. The predicted octanol–water partition coefficient (Wildman–Crippen LogP) is 5.63. The molecule has 3 aromatic rings. The molecule has 0 radical (unpaired) electrons. The van der Waals surface area contributed by atoms with Crippen LogP contribution in [-0.4, -0.2) is 33.6 Å². The highest BCUT2D eigenvalue weighted by atomic mass is 32.1. The first-order chi connectivity index (χ1) is 19.1. The summed E-state index contributed by atoms with van der Waals surface area (Å²) in [4.78, 5) is 25.1. The number of hydrogen-bond donors (Lipinski definition) is 2. The summed E-state index contributed by atoms with van der Waals surface area (Å²) in [5.41, 5.74) is 3.98. The van der Waals surface area contributed by atoms with Crippen molar-refractivity contribution in [3.05, 3.63) is 92.8 Å². The summed E-state index contributed by atoms with van der Waals surface area (Å²) in [5, 5.41) is 3.11. The lowest BCUT2D eigenvalue weighted by Crippen LogP contribution is -2.42. The summed E-state index contributed by atoms with van der Waals surface area (Å²) in [6.45, 7) is 9.47. The molecule has 0 aliphatic rings. The Kier molecular flexibility index (Phi) is 10.1. The van der Waals surface area contributed by atoms with Crippen molar-refractivity contribution >= 4 is 28.9 Å². The molecule has 1 atom stereocenters. The van der Waals surface area contributed by atoms with E-state index in [-0.39, 0.29) is 40.4 Å². The molecule has 0 amide bonds. The van der Waals surface area contributed by atoms with Gasteiger partial charge in [0.2, 0.25) is 0 Å². The van der Waals surface area contributed by atoms with E-state index in [1.54, 1.807) is 20.8 Å². The van der Waals surface area contributed by atoms with Crippen LogP contribution in [0.4, 0.5) is 23.4 Å². The molecule has 1 aromatic heterocycles. The van der Waals surface area contributed by atoms with Gasteiger partial charge in [0.25, 0.3) is 5.56 Å². The van der Waals surface area contributed by atoms with Crippen molar-refractivity contribution in [1.82, 2.24) is 9.88 Å². The highest BCUT2D eigenvalue weighted by Gasteiger charge is 2.26. The zero-order valence-electron chi connectivity index (χ0n) is 23.5. The Labute approximate surface area is 241 Å². The average molecular weight is 592 g/mol. The van der Waals surface area contributed by atoms with Gasteiger partial charge in [-0.2, -0.15) is 0 Å². The number of hydrogen-bond acceptors (Lipinski definition) is 6. The Hall–Kier alpha value is -3.57. The Balaban J connectivity index is 1.87. The number of aromatic nitrogens is 1. The van der Waals surface area contributed by atoms with Crippen molar-refractivity contribution < 1.29 is 27.1 Å². The minimum absolute atomic E-state index is 0.0319. The smallest absolute Gasteiger partial charge is 0.323 e. The Morgan fingerprint density at radius 1 is 1.00 bits per heavy atom. The molecule has 6 nitrogen and oxygen atoms in total. The number of benzene rings is 2. The van der Waals surface area contributed by atoms with Gasteiger partial charge in [-0.15, -0.1) is 0 Å². The van der Waals surface area contributed by atoms with Crippen molar-refractivity contribution in [3.8, 4) is 5.69 Å². The number of carbonyl (C=O) groups is 1. The van der Waals surface area contributed by atoms with E-state index in [4.69, 9.17) is 22.7 Å². The molecule has 0 spiro atoms. The van der Waals surface area contributed by atoms with Crippen LogP contribution in [0.1, 0.15) is 57.7 Å². The van der Waals surface area contributed by atoms with E-state index < -0.39 is 57.9 Å². The van der Waals surface area contributed by atoms with E-state index in [9.17, 15) is 18.4 Å². The third kappa shape index (κ3) is 8.01. The molecule has 0 aliphatic heterocycles. The summed E-state index contributed by atoms with van der Waals surface area (Å²) in [6.07, 6.45) is 0.683. The standard InChI is InChI=1S/C30H33F4N3O3S/c1-16(2)12-24(29(39)40-30(3,4)5)36-11-10-17-13-22(33)26(23(34)14-17)37-25(38)9-8-20(28(37)35)27(41)19-7-6-18(31)15-21(19)32/h6-9,13-16,24,36H,10-12,35H2,1-5H3/t24-/m0/s1. The lowest BCUT2D eigenvalue weighted by molar-refractivity contribution is -0.157. The lowest BCUT2D eigenvalue weighted by atomic mass is 10.0. The predicted molar refractivity (Wildman–Crippen MR) is 154 cm³/mol. The van der Waals surface area contributed by atoms with E-state index in [0.717, 1.165) is 30.3 Å². The fourth-order valence-corrected chi connectivity index (χ4v) is 4.61. The number of anilines is 1. The Morgan fingerprint density at radius 3 is 2.17 bits per heavy atom. The zero-order valence-corrected chi connectivity index (χ0v) is 24.3. The average Bonchev–Trinajstić information content (AvgIpc) is 2.83. The number of esters is 1. The normalized spacial score (nSPS) is 12.4. The van der Waals surface area contributed by atoms with Crippen molar-refractivity contribution in [2.24, 2.45) is 5.92 Å². The first-order valence-electron chi connectivity index (χ1n) is 13.0. The number of nitrogen functional groups attached to an aromatic ring is 1. The summed E-state index contributed by atoms with van der Waals surface area (Å²) in [7, 11) is 0. The number of halogens is 4. The molecule has 0 saturated heterocycles. The number of ether oxygens (including phenoxy) is 1. The molecule has 0 unspecified atom stereocenters. The van der Waals surface area contributed by atoms with Gasteiger partial charge in [0.15, 0.2) is 11.6 Å². The Morgan fingerprint density at radius 2 is 1.61 bits per heavy atom. The van der Waals surface area contributed by atoms with Crippen LogP contribution in [0.15, 0.2) is 47.3 Å². The largest absolute Gasteiger partial charge is 0.459 e. The van der Waals surface area contributed by atoms with Gasteiger partial charge in [0, 0.05) is 23.3 Å². The first kappa shape index (κ1) is 32.0. The molecule has 11 heteroatoms. The molecule has 2 aromatic carbocycles. The number of carbonyl (C=O) groups excluding carboxylic acids is 1. The van der Waals surface area contributed by atoms with Gasteiger partial charge in [0.1, 0.15) is 34.8 Å². The maximum atomic E-state index is 15.3. The zero-order chi connectivity index (χ0) is 30.6. The molecule has 41 heavy (non-hydrogen) atoms. The molecular weight excluding hydrogens is 558 g/mol. The fraction of sp³-hybridized carbons (Fsp3) is 0.367. The van der Waals surface area contributed by atoms with E-state index in [2.05, 4.69) is 5.32 Å². The van der Waals surface area contributed by atoms with Crippen LogP contribution in [0.2, 0.25) is 0 Å². The van der Waals surface area contributed by atoms with Gasteiger partial charge in [-0.25, -0.2) is 17.6 Å². The van der Waals surface area contributed by atoms with Crippen LogP contribution in [0.3, 0.4) is 0 Å². The monoisotopic (exact) mass is 591 g/mol. The van der Waals surface area contributed by atoms with Gasteiger partial charge >= 0.3 is 5.97 Å². The maximum Gasteiger partial charge on any atom is 0.323 e. The second-order valence-corrected chi connectivity index (χ2v) is 11.5. The molecule has 3 rings (SSSR count). The molecule has 0 saturated carbocycles. The van der Waals surface area contributed by atoms with Crippen LogP contribution in [0, 0.1) is 29.2 Å². The van der Waals surface area contributed by atoms with Gasteiger partial charge in [-0.3, -0.25) is 14.2 Å². The van der Waals surface area contributed by atoms with E-state index in [1.807, 2.05) is 13.8 Å². The molecule has 3 N–H and O–H groups in total. The van der Waals surface area contributed by atoms with Gasteiger partial charge in [0.05, 0.1) is 4.86 Å². The van der Waals surface area contributed by atoms with Crippen molar-refractivity contribution in [2.45, 2.75) is 59.1 Å². The summed E-state index contributed by atoms with van der Waals surface area (Å²) >= 11 is 5.30. The van der Waals surface area contributed by atoms with Crippen molar-refractivity contribution in [3.63, 3.8) is 0 Å². The van der Waals surface area contributed by atoms with E-state index >= 15 is 8.78 Å². The molecule has 0 bridgehead atoms. The second kappa shape index (κ2) is 12.9. The molecule has 0 fully saturated rings. The van der Waals surface area contributed by atoms with E-state index in [0.29, 0.717) is 17.1 Å². The van der Waals surface area contributed by atoms with Crippen LogP contribution in [-0.2, 0) is 16.0 Å². The highest BCUT2D eigenvalue weighted by molar-refractivity contribution is 7.81. The second-order valence-electron chi connectivity index (χ2n) is 11.1. The molecular formula is C30H33F4N3O3S. The summed E-state index contributed by atoms with van der Waals surface area (Å²) in [6, 6.07) is 6.51. The van der Waals surface area contributed by atoms with Crippen LogP contribution >= 0.6 is 12.2 Å². The number of nitrogens with one attached hydrogen (secondary N) is 1. The topological polar surface area (TPSA) is 86.4 Å². The number of rotatable bonds is 10. The van der Waals surface area contributed by atoms with Gasteiger partial charge < -0.3 is 15.8 Å². The molecule has 220 valence electrons. The van der Waals surface area contributed by atoms with Crippen LogP contribution in [0.25, 0.3) is 5.69 Å². The van der Waals surface area contributed by atoms with E-state index in [1.165, 1.54) is 6.07 Å². The van der Waals surface area contributed by atoms with Crippen molar-refractivity contribution in [1.29, 1.82) is 0 Å². The minimum atomic E-state index is -1.06. The summed E-state index contributed by atoms with van der Waals surface area (Å²) in [5.74, 6) is -4.51. The van der Waals surface area contributed by atoms with Crippen LogP contribution in [0.5, 0.6) is 0 Å². The third-order valence-corrected chi connectivity index (χ3v) is 6.49. The third-order valence-electron chi connectivity index (χ3n) is 6.05. The maximum absolute atomic E-state index is 15.3. The first-order valence-corrected chi connectivity index (χ1v) is 13.5. The van der Waals surface area contributed by atoms with Gasteiger partial charge in [-0.1, -0.05) is 26.1 Å². The summed E-state index contributed by atoms with van der Waals surface area (Å²) < 4.78 is 64.4. The fourth-order valence-electron chi connectivity index (χ4n) is 4.27. The Bertz CT molecular complexity index is 1490.